The van der Waals surface area contributed by atoms with Gasteiger partial charge in [0.25, 0.3) is 5.91 Å². The minimum atomic E-state index is -0.279. The van der Waals surface area contributed by atoms with E-state index in [1.807, 2.05) is 0 Å². The molecule has 0 bridgehead atoms. The SMILES string of the molecule is COCNC(=O)c1ccc(Cl)cn1. The van der Waals surface area contributed by atoms with E-state index in [1.54, 1.807) is 12.1 Å². The summed E-state index contributed by atoms with van der Waals surface area (Å²) in [6.45, 7) is 0.170. The van der Waals surface area contributed by atoms with E-state index in [9.17, 15) is 4.79 Å². The molecule has 0 aromatic carbocycles. The highest BCUT2D eigenvalue weighted by Crippen LogP contribution is 2.05. The first-order chi connectivity index (χ1) is 6.24. The number of carbonyl (C=O) groups is 1. The number of methoxy groups -OCH3 is 1. The van der Waals surface area contributed by atoms with Crippen LogP contribution in [0.25, 0.3) is 0 Å². The number of nitrogens with zero attached hydrogens (tertiary/aromatic N) is 1. The highest BCUT2D eigenvalue weighted by Gasteiger charge is 2.04. The molecule has 0 saturated carbocycles. The molecule has 0 aliphatic rings. The highest BCUT2D eigenvalue weighted by molar-refractivity contribution is 6.30. The van der Waals surface area contributed by atoms with E-state index in [0.29, 0.717) is 10.7 Å². The lowest BCUT2D eigenvalue weighted by Gasteiger charge is -2.02. The third kappa shape index (κ3) is 3.01. The molecule has 0 atom stereocenters. The van der Waals surface area contributed by atoms with Crippen molar-refractivity contribution >= 4 is 17.5 Å². The molecule has 4 nitrogen and oxygen atoms in total. The average molecular weight is 201 g/mol. The van der Waals surface area contributed by atoms with Crippen molar-refractivity contribution < 1.29 is 9.53 Å². The van der Waals surface area contributed by atoms with Crippen molar-refractivity contribution in [1.29, 1.82) is 0 Å². The van der Waals surface area contributed by atoms with Crippen molar-refractivity contribution in [1.82, 2.24) is 10.3 Å². The molecule has 0 fully saturated rings. The fourth-order valence-corrected chi connectivity index (χ4v) is 0.850. The number of pyridine rings is 1. The first kappa shape index (κ1) is 9.95. The Kier molecular flexibility index (Phi) is 3.67. The Balaban J connectivity index is 2.61. The standard InChI is InChI=1S/C8H9ClN2O2/c1-13-5-11-8(12)7-3-2-6(9)4-10-7/h2-4H,5H2,1H3,(H,11,12). The third-order valence-electron chi connectivity index (χ3n) is 1.34. The topological polar surface area (TPSA) is 51.2 Å². The molecule has 1 heterocycles. The maximum Gasteiger partial charge on any atom is 0.271 e. The molecule has 1 aromatic rings. The van der Waals surface area contributed by atoms with E-state index < -0.39 is 0 Å². The molecule has 0 aliphatic heterocycles. The van der Waals surface area contributed by atoms with Crippen molar-refractivity contribution in [3.8, 4) is 0 Å². The van der Waals surface area contributed by atoms with Crippen LogP contribution in [-0.2, 0) is 4.74 Å². The fourth-order valence-electron chi connectivity index (χ4n) is 0.738. The highest BCUT2D eigenvalue weighted by atomic mass is 35.5. The van der Waals surface area contributed by atoms with E-state index in [-0.39, 0.29) is 12.6 Å². The van der Waals surface area contributed by atoms with Crippen LogP contribution in [0.15, 0.2) is 18.3 Å². The molecular weight excluding hydrogens is 192 g/mol. The maximum atomic E-state index is 11.2. The van der Waals surface area contributed by atoms with Crippen molar-refractivity contribution in [2.24, 2.45) is 0 Å². The van der Waals surface area contributed by atoms with Crippen LogP contribution in [0.1, 0.15) is 10.5 Å². The van der Waals surface area contributed by atoms with Gasteiger partial charge in [-0.05, 0) is 12.1 Å². The van der Waals surface area contributed by atoms with Crippen LogP contribution >= 0.6 is 11.6 Å². The van der Waals surface area contributed by atoms with Crippen molar-refractivity contribution in [3.63, 3.8) is 0 Å². The maximum absolute atomic E-state index is 11.2. The van der Waals surface area contributed by atoms with Crippen LogP contribution < -0.4 is 5.32 Å². The van der Waals surface area contributed by atoms with Crippen LogP contribution in [0.4, 0.5) is 0 Å². The Bertz CT molecular complexity index is 287. The Morgan fingerprint density at radius 3 is 3.00 bits per heavy atom. The molecule has 70 valence electrons. The van der Waals surface area contributed by atoms with Crippen LogP contribution in [0.2, 0.25) is 5.02 Å². The average Bonchev–Trinajstić information content (AvgIpc) is 2.15. The number of ether oxygens (including phenoxy) is 1. The van der Waals surface area contributed by atoms with Crippen molar-refractivity contribution in [2.75, 3.05) is 13.8 Å². The van der Waals surface area contributed by atoms with Crippen LogP contribution in [0.5, 0.6) is 0 Å². The van der Waals surface area contributed by atoms with E-state index in [1.165, 1.54) is 13.3 Å². The van der Waals surface area contributed by atoms with Crippen molar-refractivity contribution in [3.05, 3.63) is 29.0 Å². The van der Waals surface area contributed by atoms with Gasteiger partial charge >= 0.3 is 0 Å². The molecule has 0 spiro atoms. The fraction of sp³-hybridized carbons (Fsp3) is 0.250. The number of hydrogen-bond acceptors (Lipinski definition) is 3. The minimum Gasteiger partial charge on any atom is -0.364 e. The van der Waals surface area contributed by atoms with E-state index in [0.717, 1.165) is 0 Å². The van der Waals surface area contributed by atoms with Gasteiger partial charge < -0.3 is 10.1 Å². The number of carbonyl (C=O) groups excluding carboxylic acids is 1. The first-order valence-electron chi connectivity index (χ1n) is 3.62. The second-order valence-electron chi connectivity index (χ2n) is 2.30. The predicted octanol–water partition coefficient (Wildman–Crippen LogP) is 1.07. The molecule has 1 rings (SSSR count). The van der Waals surface area contributed by atoms with Crippen LogP contribution in [0.3, 0.4) is 0 Å². The molecule has 0 unspecified atom stereocenters. The smallest absolute Gasteiger partial charge is 0.271 e. The lowest BCUT2D eigenvalue weighted by Crippen LogP contribution is -2.26. The second kappa shape index (κ2) is 4.79. The number of aromatic nitrogens is 1. The number of halogens is 1. The van der Waals surface area contributed by atoms with Gasteiger partial charge in [-0.3, -0.25) is 4.79 Å². The summed E-state index contributed by atoms with van der Waals surface area (Å²) < 4.78 is 4.67. The molecule has 13 heavy (non-hydrogen) atoms. The molecule has 1 amide bonds. The summed E-state index contributed by atoms with van der Waals surface area (Å²) in [4.78, 5) is 15.0. The summed E-state index contributed by atoms with van der Waals surface area (Å²) in [5.74, 6) is -0.279. The molecular formula is C8H9ClN2O2. The molecule has 0 radical (unpaired) electrons. The van der Waals surface area contributed by atoms with Gasteiger partial charge in [-0.25, -0.2) is 4.98 Å². The van der Waals surface area contributed by atoms with E-state index in [2.05, 4.69) is 15.0 Å². The molecule has 5 heteroatoms. The van der Waals surface area contributed by atoms with Crippen molar-refractivity contribution in [2.45, 2.75) is 0 Å². The van der Waals surface area contributed by atoms with Crippen LogP contribution in [-0.4, -0.2) is 24.7 Å². The normalized spacial score (nSPS) is 9.69. The van der Waals surface area contributed by atoms with Gasteiger partial charge in [-0.1, -0.05) is 11.6 Å². The zero-order chi connectivity index (χ0) is 9.68. The molecule has 1 N–H and O–H groups in total. The van der Waals surface area contributed by atoms with Gasteiger partial charge in [0, 0.05) is 13.3 Å². The van der Waals surface area contributed by atoms with Gasteiger partial charge in [0.15, 0.2) is 0 Å². The summed E-state index contributed by atoms with van der Waals surface area (Å²) in [6.07, 6.45) is 1.42. The monoisotopic (exact) mass is 200 g/mol. The van der Waals surface area contributed by atoms with Gasteiger partial charge in [0.1, 0.15) is 12.4 Å². The lowest BCUT2D eigenvalue weighted by molar-refractivity contribution is 0.0867. The Labute approximate surface area is 80.9 Å². The largest absolute Gasteiger partial charge is 0.364 e. The van der Waals surface area contributed by atoms with E-state index in [4.69, 9.17) is 11.6 Å². The molecule has 0 aliphatic carbocycles. The van der Waals surface area contributed by atoms with Gasteiger partial charge in [0.2, 0.25) is 0 Å². The second-order valence-corrected chi connectivity index (χ2v) is 2.74. The molecule has 0 saturated heterocycles. The zero-order valence-corrected chi connectivity index (χ0v) is 7.84. The summed E-state index contributed by atoms with van der Waals surface area (Å²) in [5.41, 5.74) is 0.321. The number of rotatable bonds is 3. The van der Waals surface area contributed by atoms with Gasteiger partial charge in [-0.2, -0.15) is 0 Å². The van der Waals surface area contributed by atoms with Gasteiger partial charge in [0.05, 0.1) is 5.02 Å². The van der Waals surface area contributed by atoms with E-state index >= 15 is 0 Å². The number of nitrogens with one attached hydrogen (secondary N) is 1. The third-order valence-corrected chi connectivity index (χ3v) is 1.56. The predicted molar refractivity (Wildman–Crippen MR) is 48.6 cm³/mol. The molecule has 1 aromatic heterocycles. The summed E-state index contributed by atoms with van der Waals surface area (Å²) in [6, 6.07) is 3.16. The summed E-state index contributed by atoms with van der Waals surface area (Å²) >= 11 is 5.60. The quantitative estimate of drug-likeness (QED) is 0.743. The summed E-state index contributed by atoms with van der Waals surface area (Å²) in [5, 5.41) is 3.00. The first-order valence-corrected chi connectivity index (χ1v) is 4.00. The van der Waals surface area contributed by atoms with Crippen LogP contribution in [0, 0.1) is 0 Å². The Morgan fingerprint density at radius 2 is 2.46 bits per heavy atom. The lowest BCUT2D eigenvalue weighted by atomic mass is 10.3. The minimum absolute atomic E-state index is 0.170. The Morgan fingerprint density at radius 1 is 1.69 bits per heavy atom. The Hall–Kier alpha value is -1.13. The summed E-state index contributed by atoms with van der Waals surface area (Å²) in [7, 11) is 1.50. The number of amides is 1. The zero-order valence-electron chi connectivity index (χ0n) is 7.08. The number of hydrogen-bond donors (Lipinski definition) is 1. The van der Waals surface area contributed by atoms with Gasteiger partial charge in [-0.15, -0.1) is 0 Å².